The van der Waals surface area contributed by atoms with Crippen molar-refractivity contribution in [1.82, 2.24) is 20.5 Å². The molecule has 9 heteroatoms. The van der Waals surface area contributed by atoms with E-state index in [0.29, 0.717) is 41.2 Å². The van der Waals surface area contributed by atoms with Gasteiger partial charge >= 0.3 is 0 Å². The minimum absolute atomic E-state index is 0.138. The highest BCUT2D eigenvalue weighted by Gasteiger charge is 2.21. The highest BCUT2D eigenvalue weighted by atomic mass is 32.2. The molecule has 0 aliphatic carbocycles. The van der Waals surface area contributed by atoms with Gasteiger partial charge in [-0.05, 0) is 24.3 Å². The molecule has 0 fully saturated rings. The second kappa shape index (κ2) is 8.30. The first-order valence-corrected chi connectivity index (χ1v) is 9.63. The van der Waals surface area contributed by atoms with Gasteiger partial charge in [0.15, 0.2) is 17.3 Å². The van der Waals surface area contributed by atoms with Crippen molar-refractivity contribution in [3.63, 3.8) is 0 Å². The van der Waals surface area contributed by atoms with Gasteiger partial charge in [0.2, 0.25) is 11.1 Å². The van der Waals surface area contributed by atoms with Crippen molar-refractivity contribution in [2.45, 2.75) is 11.3 Å². The molecule has 3 aromatic rings. The molecule has 2 heterocycles. The number of carbonyl (C=O) groups is 1. The molecule has 4 rings (SSSR count). The molecule has 0 spiro atoms. The summed E-state index contributed by atoms with van der Waals surface area (Å²) >= 11 is 1.17. The quantitative estimate of drug-likeness (QED) is 0.619. The predicted octanol–water partition coefficient (Wildman–Crippen LogP) is 2.66. The lowest BCUT2D eigenvalue weighted by Crippen LogP contribution is -2.41. The highest BCUT2D eigenvalue weighted by Crippen LogP contribution is 2.30. The zero-order valence-corrected chi connectivity index (χ0v) is 15.5. The van der Waals surface area contributed by atoms with Crippen LogP contribution in [0, 0.1) is 5.82 Å². The number of rotatable bonds is 6. The first-order chi connectivity index (χ1) is 13.7. The van der Waals surface area contributed by atoms with E-state index in [0.717, 1.165) is 0 Å². The van der Waals surface area contributed by atoms with Gasteiger partial charge in [-0.1, -0.05) is 36.0 Å². The first-order valence-electron chi connectivity index (χ1n) is 8.64. The molecule has 0 unspecified atom stereocenters. The van der Waals surface area contributed by atoms with Crippen molar-refractivity contribution in [1.29, 1.82) is 0 Å². The van der Waals surface area contributed by atoms with E-state index in [4.69, 9.17) is 9.47 Å². The van der Waals surface area contributed by atoms with E-state index in [1.165, 1.54) is 17.8 Å². The number of halogens is 1. The molecule has 7 nitrogen and oxygen atoms in total. The molecule has 28 heavy (non-hydrogen) atoms. The molecular formula is C19H17FN4O3S. The van der Waals surface area contributed by atoms with Crippen LogP contribution in [0.4, 0.5) is 4.39 Å². The van der Waals surface area contributed by atoms with Gasteiger partial charge in [0.05, 0.1) is 17.9 Å². The number of nitrogens with zero attached hydrogens (tertiary/aromatic N) is 2. The summed E-state index contributed by atoms with van der Waals surface area (Å²) in [6, 6.07) is 13.7. The molecular weight excluding hydrogens is 383 g/mol. The van der Waals surface area contributed by atoms with Crippen molar-refractivity contribution in [3.05, 3.63) is 54.3 Å². The van der Waals surface area contributed by atoms with Crippen LogP contribution in [0.15, 0.2) is 53.7 Å². The third-order valence-corrected chi connectivity index (χ3v) is 4.87. The van der Waals surface area contributed by atoms with Gasteiger partial charge in [-0.2, -0.15) is 0 Å². The number of para-hydroxylation sites is 2. The number of carbonyl (C=O) groups excluding carboxylic acids is 1. The summed E-state index contributed by atoms with van der Waals surface area (Å²) < 4.78 is 25.2. The smallest absolute Gasteiger partial charge is 0.230 e. The normalized spacial score (nSPS) is 15.2. The fourth-order valence-electron chi connectivity index (χ4n) is 2.66. The summed E-state index contributed by atoms with van der Waals surface area (Å²) in [4.78, 5) is 16.3. The van der Waals surface area contributed by atoms with Crippen LogP contribution in [0.5, 0.6) is 11.5 Å². The summed E-state index contributed by atoms with van der Waals surface area (Å²) in [7, 11) is 0. The summed E-state index contributed by atoms with van der Waals surface area (Å²) in [5.41, 5.74) is 0.334. The van der Waals surface area contributed by atoms with Crippen LogP contribution in [-0.4, -0.2) is 46.1 Å². The van der Waals surface area contributed by atoms with E-state index in [2.05, 4.69) is 20.5 Å². The van der Waals surface area contributed by atoms with Crippen molar-refractivity contribution in [2.75, 3.05) is 18.9 Å². The predicted molar refractivity (Wildman–Crippen MR) is 102 cm³/mol. The zero-order valence-electron chi connectivity index (χ0n) is 14.7. The molecule has 0 saturated carbocycles. The second-order valence-corrected chi connectivity index (χ2v) is 6.98. The van der Waals surface area contributed by atoms with E-state index in [1.54, 1.807) is 18.2 Å². The van der Waals surface area contributed by atoms with E-state index in [9.17, 15) is 9.18 Å². The maximum atomic E-state index is 13.8. The summed E-state index contributed by atoms with van der Waals surface area (Å²) in [5, 5.41) is 9.89. The minimum atomic E-state index is -0.385. The Balaban J connectivity index is 1.25. The third kappa shape index (κ3) is 4.25. The van der Waals surface area contributed by atoms with Crippen LogP contribution in [-0.2, 0) is 4.79 Å². The average molecular weight is 400 g/mol. The third-order valence-electron chi connectivity index (χ3n) is 4.02. The van der Waals surface area contributed by atoms with Crippen LogP contribution in [0.3, 0.4) is 0 Å². The largest absolute Gasteiger partial charge is 0.486 e. The SMILES string of the molecule is O=C(CSc1n[nH]c(-c2ccccc2F)n1)NC[C@H]1COc2ccccc2O1. The fraction of sp³-hybridized carbons (Fsp3) is 0.211. The van der Waals surface area contributed by atoms with Gasteiger partial charge in [-0.3, -0.25) is 9.89 Å². The number of H-pyrrole nitrogens is 1. The molecule has 0 bridgehead atoms. The number of amides is 1. The van der Waals surface area contributed by atoms with Crippen molar-refractivity contribution in [2.24, 2.45) is 0 Å². The Labute approximate surface area is 164 Å². The number of hydrogen-bond donors (Lipinski definition) is 2. The summed E-state index contributed by atoms with van der Waals surface area (Å²) in [6.07, 6.45) is -0.250. The van der Waals surface area contributed by atoms with Crippen LogP contribution in [0.2, 0.25) is 0 Å². The van der Waals surface area contributed by atoms with Gasteiger partial charge in [-0.25, -0.2) is 9.37 Å². The molecule has 1 atom stereocenters. The minimum Gasteiger partial charge on any atom is -0.486 e. The maximum absolute atomic E-state index is 13.8. The Morgan fingerprint density at radius 1 is 1.21 bits per heavy atom. The number of hydrogen-bond acceptors (Lipinski definition) is 6. The van der Waals surface area contributed by atoms with Crippen molar-refractivity contribution in [3.8, 4) is 22.9 Å². The Bertz CT molecular complexity index is 981. The van der Waals surface area contributed by atoms with Gasteiger partial charge in [0, 0.05) is 0 Å². The number of nitrogens with one attached hydrogen (secondary N) is 2. The Morgan fingerprint density at radius 3 is 2.86 bits per heavy atom. The van der Waals surface area contributed by atoms with Crippen molar-refractivity contribution >= 4 is 17.7 Å². The lowest BCUT2D eigenvalue weighted by atomic mass is 10.2. The van der Waals surface area contributed by atoms with E-state index in [-0.39, 0.29) is 23.6 Å². The summed E-state index contributed by atoms with van der Waals surface area (Å²) in [5.74, 6) is 1.28. The first kappa shape index (κ1) is 18.3. The Morgan fingerprint density at radius 2 is 2.00 bits per heavy atom. The number of aromatic nitrogens is 3. The van der Waals surface area contributed by atoms with Crippen LogP contribution in [0.1, 0.15) is 0 Å². The van der Waals surface area contributed by atoms with E-state index >= 15 is 0 Å². The van der Waals surface area contributed by atoms with E-state index in [1.807, 2.05) is 24.3 Å². The molecule has 1 aliphatic heterocycles. The lowest BCUT2D eigenvalue weighted by Gasteiger charge is -2.26. The Hall–Kier alpha value is -3.07. The monoisotopic (exact) mass is 400 g/mol. The van der Waals surface area contributed by atoms with E-state index < -0.39 is 0 Å². The highest BCUT2D eigenvalue weighted by molar-refractivity contribution is 7.99. The number of benzene rings is 2. The molecule has 1 aliphatic rings. The van der Waals surface area contributed by atoms with Gasteiger partial charge in [-0.15, -0.1) is 5.10 Å². The van der Waals surface area contributed by atoms with Crippen LogP contribution in [0.25, 0.3) is 11.4 Å². The number of thioether (sulfide) groups is 1. The number of ether oxygens (including phenoxy) is 2. The van der Waals surface area contributed by atoms with Crippen LogP contribution >= 0.6 is 11.8 Å². The van der Waals surface area contributed by atoms with Gasteiger partial charge in [0.1, 0.15) is 18.5 Å². The second-order valence-electron chi connectivity index (χ2n) is 6.04. The molecule has 1 aromatic heterocycles. The lowest BCUT2D eigenvalue weighted by molar-refractivity contribution is -0.119. The number of aromatic amines is 1. The molecule has 1 amide bonds. The molecule has 0 saturated heterocycles. The number of fused-ring (bicyclic) bond motifs is 1. The summed E-state index contributed by atoms with van der Waals surface area (Å²) in [6.45, 7) is 0.708. The molecule has 144 valence electrons. The Kier molecular flexibility index (Phi) is 5.43. The maximum Gasteiger partial charge on any atom is 0.230 e. The topological polar surface area (TPSA) is 89.1 Å². The standard InChI is InChI=1S/C19H17FN4O3S/c20-14-6-2-1-5-13(14)18-22-19(24-23-18)28-11-17(25)21-9-12-10-26-15-7-3-4-8-16(15)27-12/h1-8,12H,9-11H2,(H,21,25)(H,22,23,24)/t12-/m0/s1. The zero-order chi connectivity index (χ0) is 19.3. The molecule has 2 aromatic carbocycles. The van der Waals surface area contributed by atoms with Gasteiger partial charge < -0.3 is 14.8 Å². The average Bonchev–Trinajstić information content (AvgIpc) is 3.19. The molecule has 2 N–H and O–H groups in total. The van der Waals surface area contributed by atoms with Gasteiger partial charge in [0.25, 0.3) is 0 Å². The fourth-order valence-corrected chi connectivity index (χ4v) is 3.29. The molecule has 0 radical (unpaired) electrons. The van der Waals surface area contributed by atoms with Crippen LogP contribution < -0.4 is 14.8 Å². The van der Waals surface area contributed by atoms with Crippen molar-refractivity contribution < 1.29 is 18.7 Å².